The predicted molar refractivity (Wildman–Crippen MR) is 118 cm³/mol. The van der Waals surface area contributed by atoms with E-state index in [0.717, 1.165) is 28.0 Å². The summed E-state index contributed by atoms with van der Waals surface area (Å²) in [5, 5.41) is 9.30. The first kappa shape index (κ1) is 17.6. The van der Waals surface area contributed by atoms with E-state index in [4.69, 9.17) is 4.74 Å². The molecule has 5 aromatic rings. The van der Waals surface area contributed by atoms with Crippen LogP contribution in [0.5, 0.6) is 0 Å². The van der Waals surface area contributed by atoms with Gasteiger partial charge in [0.05, 0.1) is 12.5 Å². The summed E-state index contributed by atoms with van der Waals surface area (Å²) in [5.74, 6) is -0.936. The molecule has 0 radical (unpaired) electrons. The number of carbonyl (C=O) groups excluding carboxylic acids is 2. The standard InChI is InChI=1S/C26H20O3/c1-2-29-26(28)23(13-14-27)20-10-9-16-7-8-18-15-17-5-3-4-6-19(17)21-11-12-22(20)24(16)25(18)21/h3-12,14-15,23H,2,13H2,1H3. The highest BCUT2D eigenvalue weighted by Gasteiger charge is 2.25. The maximum Gasteiger partial charge on any atom is 0.313 e. The number of fused-ring (bicyclic) bond motifs is 2. The summed E-state index contributed by atoms with van der Waals surface area (Å²) in [7, 11) is 0. The van der Waals surface area contributed by atoms with Gasteiger partial charge in [0.2, 0.25) is 0 Å². The molecular formula is C26H20O3. The molecule has 0 heterocycles. The minimum atomic E-state index is -0.589. The van der Waals surface area contributed by atoms with Crippen molar-refractivity contribution in [3.8, 4) is 0 Å². The van der Waals surface area contributed by atoms with Gasteiger partial charge in [0.15, 0.2) is 0 Å². The van der Waals surface area contributed by atoms with Gasteiger partial charge in [0, 0.05) is 6.42 Å². The highest BCUT2D eigenvalue weighted by Crippen LogP contribution is 2.41. The number of benzene rings is 5. The minimum absolute atomic E-state index is 0.117. The van der Waals surface area contributed by atoms with Crippen LogP contribution in [0, 0.1) is 0 Å². The quantitative estimate of drug-likeness (QED) is 0.163. The SMILES string of the molecule is CCOC(=O)C(CC=O)c1ccc2ccc3cc4ccccc4c4ccc1c2c34. The topological polar surface area (TPSA) is 43.4 Å². The lowest BCUT2D eigenvalue weighted by atomic mass is 9.85. The molecular weight excluding hydrogens is 360 g/mol. The third-order valence-corrected chi connectivity index (χ3v) is 5.82. The first-order valence-corrected chi connectivity index (χ1v) is 9.92. The lowest BCUT2D eigenvalue weighted by Gasteiger charge is -2.19. The normalized spacial score (nSPS) is 12.7. The van der Waals surface area contributed by atoms with Crippen LogP contribution in [0.2, 0.25) is 0 Å². The van der Waals surface area contributed by atoms with Crippen molar-refractivity contribution in [2.75, 3.05) is 6.61 Å². The molecule has 0 saturated carbocycles. The summed E-state index contributed by atoms with van der Waals surface area (Å²) < 4.78 is 5.26. The van der Waals surface area contributed by atoms with Crippen LogP contribution < -0.4 is 0 Å². The number of hydrogen-bond acceptors (Lipinski definition) is 3. The number of esters is 1. The highest BCUT2D eigenvalue weighted by atomic mass is 16.5. The van der Waals surface area contributed by atoms with E-state index in [9.17, 15) is 9.59 Å². The molecule has 0 saturated heterocycles. The molecule has 0 amide bonds. The molecule has 142 valence electrons. The van der Waals surface area contributed by atoms with Crippen LogP contribution in [0.25, 0.3) is 43.1 Å². The molecule has 1 unspecified atom stereocenters. The van der Waals surface area contributed by atoms with Crippen LogP contribution in [-0.4, -0.2) is 18.9 Å². The van der Waals surface area contributed by atoms with E-state index in [2.05, 4.69) is 54.6 Å². The molecule has 0 aliphatic heterocycles. The summed E-state index contributed by atoms with van der Waals surface area (Å²) in [6.45, 7) is 2.08. The third-order valence-electron chi connectivity index (χ3n) is 5.82. The summed E-state index contributed by atoms with van der Waals surface area (Å²) in [5.41, 5.74) is 0.852. The van der Waals surface area contributed by atoms with E-state index >= 15 is 0 Å². The Morgan fingerprint density at radius 1 is 0.862 bits per heavy atom. The van der Waals surface area contributed by atoms with Gasteiger partial charge < -0.3 is 9.53 Å². The Bertz CT molecular complexity index is 1380. The zero-order chi connectivity index (χ0) is 20.0. The van der Waals surface area contributed by atoms with E-state index in [1.807, 2.05) is 12.1 Å². The highest BCUT2D eigenvalue weighted by molar-refractivity contribution is 6.29. The predicted octanol–water partition coefficient (Wildman–Crippen LogP) is 5.97. The molecule has 0 N–H and O–H groups in total. The Labute approximate surface area is 168 Å². The number of rotatable bonds is 5. The van der Waals surface area contributed by atoms with Crippen LogP contribution in [0.15, 0.2) is 66.7 Å². The zero-order valence-corrected chi connectivity index (χ0v) is 16.1. The average Bonchev–Trinajstić information content (AvgIpc) is 2.75. The van der Waals surface area contributed by atoms with Gasteiger partial charge in [-0.05, 0) is 61.6 Å². The smallest absolute Gasteiger partial charge is 0.313 e. The molecule has 0 fully saturated rings. The van der Waals surface area contributed by atoms with Crippen molar-refractivity contribution in [2.45, 2.75) is 19.3 Å². The zero-order valence-electron chi connectivity index (χ0n) is 16.1. The van der Waals surface area contributed by atoms with E-state index in [1.165, 1.54) is 26.9 Å². The maximum atomic E-state index is 12.6. The van der Waals surface area contributed by atoms with Crippen molar-refractivity contribution in [1.29, 1.82) is 0 Å². The first-order chi connectivity index (χ1) is 14.2. The third kappa shape index (κ3) is 2.65. The molecule has 1 atom stereocenters. The summed E-state index contributed by atoms with van der Waals surface area (Å²) >= 11 is 0. The van der Waals surface area contributed by atoms with Crippen molar-refractivity contribution in [1.82, 2.24) is 0 Å². The number of hydrogen-bond donors (Lipinski definition) is 0. The first-order valence-electron chi connectivity index (χ1n) is 9.92. The molecule has 0 aliphatic rings. The fourth-order valence-electron chi connectivity index (χ4n) is 4.57. The molecule has 3 nitrogen and oxygen atoms in total. The Morgan fingerprint density at radius 3 is 2.41 bits per heavy atom. The van der Waals surface area contributed by atoms with Crippen molar-refractivity contribution >= 4 is 55.3 Å². The lowest BCUT2D eigenvalue weighted by molar-refractivity contribution is -0.145. The molecule has 5 rings (SSSR count). The molecule has 0 aromatic heterocycles. The van der Waals surface area contributed by atoms with Gasteiger partial charge in [-0.1, -0.05) is 60.7 Å². The Morgan fingerprint density at radius 2 is 1.59 bits per heavy atom. The van der Waals surface area contributed by atoms with E-state index in [0.29, 0.717) is 6.61 Å². The lowest BCUT2D eigenvalue weighted by Crippen LogP contribution is -2.17. The van der Waals surface area contributed by atoms with E-state index in [-0.39, 0.29) is 12.4 Å². The van der Waals surface area contributed by atoms with Gasteiger partial charge in [-0.3, -0.25) is 4.79 Å². The van der Waals surface area contributed by atoms with E-state index < -0.39 is 5.92 Å². The number of aldehydes is 1. The second-order valence-corrected chi connectivity index (χ2v) is 7.38. The van der Waals surface area contributed by atoms with Gasteiger partial charge in [0.25, 0.3) is 0 Å². The monoisotopic (exact) mass is 380 g/mol. The van der Waals surface area contributed by atoms with Crippen LogP contribution in [0.4, 0.5) is 0 Å². The largest absolute Gasteiger partial charge is 0.466 e. The van der Waals surface area contributed by atoms with Crippen LogP contribution >= 0.6 is 0 Å². The average molecular weight is 380 g/mol. The van der Waals surface area contributed by atoms with Crippen molar-refractivity contribution in [2.24, 2.45) is 0 Å². The van der Waals surface area contributed by atoms with Gasteiger partial charge in [0.1, 0.15) is 6.29 Å². The maximum absolute atomic E-state index is 12.6. The number of carbonyl (C=O) groups is 2. The summed E-state index contributed by atoms with van der Waals surface area (Å²) in [6, 6.07) is 23.1. The van der Waals surface area contributed by atoms with Gasteiger partial charge >= 0.3 is 5.97 Å². The van der Waals surface area contributed by atoms with E-state index in [1.54, 1.807) is 6.92 Å². The minimum Gasteiger partial charge on any atom is -0.466 e. The summed E-state index contributed by atoms with van der Waals surface area (Å²) in [4.78, 5) is 23.9. The molecule has 0 spiro atoms. The molecule has 0 aliphatic carbocycles. The molecule has 5 aromatic carbocycles. The molecule has 3 heteroatoms. The van der Waals surface area contributed by atoms with Gasteiger partial charge in [-0.25, -0.2) is 0 Å². The Balaban J connectivity index is 1.88. The second kappa shape index (κ2) is 6.85. The fraction of sp³-hybridized carbons (Fsp3) is 0.154. The molecule has 29 heavy (non-hydrogen) atoms. The van der Waals surface area contributed by atoms with Crippen molar-refractivity contribution < 1.29 is 14.3 Å². The van der Waals surface area contributed by atoms with Gasteiger partial charge in [-0.2, -0.15) is 0 Å². The van der Waals surface area contributed by atoms with Crippen molar-refractivity contribution in [3.63, 3.8) is 0 Å². The van der Waals surface area contributed by atoms with Crippen molar-refractivity contribution in [3.05, 3.63) is 72.3 Å². The van der Waals surface area contributed by atoms with Gasteiger partial charge in [-0.15, -0.1) is 0 Å². The van der Waals surface area contributed by atoms with Crippen LogP contribution in [-0.2, 0) is 14.3 Å². The number of ether oxygens (including phenoxy) is 1. The fourth-order valence-corrected chi connectivity index (χ4v) is 4.57. The molecule has 0 bridgehead atoms. The second-order valence-electron chi connectivity index (χ2n) is 7.38. The summed E-state index contributed by atoms with van der Waals surface area (Å²) in [6.07, 6.45) is 0.915. The Hall–Kier alpha value is -3.46. The Kier molecular flexibility index (Phi) is 4.17. The van der Waals surface area contributed by atoms with Crippen LogP contribution in [0.3, 0.4) is 0 Å². The van der Waals surface area contributed by atoms with Crippen LogP contribution in [0.1, 0.15) is 24.8 Å².